The number of hydrogen-bond donors (Lipinski definition) is 2. The van der Waals surface area contributed by atoms with E-state index in [0.29, 0.717) is 13.0 Å². The number of nitrogens with zero attached hydrogens (tertiary/aromatic N) is 2. The Balaban J connectivity index is 1.48. The van der Waals surface area contributed by atoms with Gasteiger partial charge in [0.1, 0.15) is 0 Å². The van der Waals surface area contributed by atoms with Gasteiger partial charge >= 0.3 is 0 Å². The van der Waals surface area contributed by atoms with Crippen molar-refractivity contribution in [3.05, 3.63) is 70.3 Å². The predicted molar refractivity (Wildman–Crippen MR) is 133 cm³/mol. The first kappa shape index (κ1) is 23.8. The van der Waals surface area contributed by atoms with Gasteiger partial charge in [-0.3, -0.25) is 9.79 Å². The first-order valence-electron chi connectivity index (χ1n) is 11.9. The van der Waals surface area contributed by atoms with Crippen LogP contribution in [0.15, 0.2) is 47.5 Å². The highest BCUT2D eigenvalue weighted by molar-refractivity contribution is 5.80. The number of likely N-dealkylation sites (tertiary alicyclic amines) is 1. The molecule has 32 heavy (non-hydrogen) atoms. The van der Waals surface area contributed by atoms with E-state index in [-0.39, 0.29) is 11.8 Å². The molecule has 2 aromatic carbocycles. The third kappa shape index (κ3) is 6.84. The van der Waals surface area contributed by atoms with E-state index in [1.54, 1.807) is 0 Å². The fourth-order valence-corrected chi connectivity index (χ4v) is 4.57. The molecule has 0 aliphatic carbocycles. The summed E-state index contributed by atoms with van der Waals surface area (Å²) < 4.78 is 0. The molecular weight excluding hydrogens is 396 g/mol. The van der Waals surface area contributed by atoms with Gasteiger partial charge in [-0.1, -0.05) is 48.0 Å². The lowest BCUT2D eigenvalue weighted by Crippen LogP contribution is -2.39. The van der Waals surface area contributed by atoms with Crippen molar-refractivity contribution >= 4 is 11.9 Å². The van der Waals surface area contributed by atoms with Crippen LogP contribution in [0.2, 0.25) is 0 Å². The topological polar surface area (TPSA) is 56.7 Å². The summed E-state index contributed by atoms with van der Waals surface area (Å²) in [5.74, 6) is 1.38. The van der Waals surface area contributed by atoms with Crippen LogP contribution in [-0.2, 0) is 17.6 Å². The predicted octanol–water partition coefficient (Wildman–Crippen LogP) is 3.80. The van der Waals surface area contributed by atoms with E-state index in [2.05, 4.69) is 74.7 Å². The number of aliphatic imine (C=N–C) groups is 1. The molecule has 2 aromatic rings. The number of carbonyl (C=O) groups is 1. The fraction of sp³-hybridized carbons (Fsp3) is 0.481. The molecule has 3 rings (SSSR count). The van der Waals surface area contributed by atoms with Crippen LogP contribution in [0.1, 0.15) is 41.2 Å². The fourth-order valence-electron chi connectivity index (χ4n) is 4.57. The smallest absolute Gasteiger partial charge is 0.223 e. The summed E-state index contributed by atoms with van der Waals surface area (Å²) in [6.07, 6.45) is 2.47. The number of guanidine groups is 1. The van der Waals surface area contributed by atoms with Crippen LogP contribution in [0.4, 0.5) is 0 Å². The highest BCUT2D eigenvalue weighted by atomic mass is 16.2. The van der Waals surface area contributed by atoms with Crippen LogP contribution in [0, 0.1) is 26.7 Å². The third-order valence-electron chi connectivity index (χ3n) is 6.17. The number of aryl methyl sites for hydroxylation is 3. The summed E-state index contributed by atoms with van der Waals surface area (Å²) in [7, 11) is 0. The monoisotopic (exact) mass is 434 g/mol. The van der Waals surface area contributed by atoms with Crippen molar-refractivity contribution in [3.8, 4) is 0 Å². The summed E-state index contributed by atoms with van der Waals surface area (Å²) in [4.78, 5) is 19.2. The van der Waals surface area contributed by atoms with Gasteiger partial charge < -0.3 is 15.5 Å². The Bertz CT molecular complexity index is 900. The number of benzene rings is 2. The van der Waals surface area contributed by atoms with E-state index in [9.17, 15) is 4.79 Å². The van der Waals surface area contributed by atoms with E-state index in [1.807, 2.05) is 11.0 Å². The second kappa shape index (κ2) is 11.7. The molecule has 172 valence electrons. The molecule has 0 bridgehead atoms. The number of amides is 1. The lowest BCUT2D eigenvalue weighted by atomic mass is 9.97. The summed E-state index contributed by atoms with van der Waals surface area (Å²) in [5.41, 5.74) is 6.71. The lowest BCUT2D eigenvalue weighted by Gasteiger charge is -2.17. The molecule has 0 radical (unpaired) electrons. The van der Waals surface area contributed by atoms with Crippen molar-refractivity contribution in [2.75, 3.05) is 32.7 Å². The number of hydrogen-bond acceptors (Lipinski definition) is 2. The molecule has 1 unspecified atom stereocenters. The molecule has 5 heteroatoms. The molecule has 0 saturated carbocycles. The van der Waals surface area contributed by atoms with Crippen LogP contribution in [-0.4, -0.2) is 49.5 Å². The average molecular weight is 435 g/mol. The molecule has 5 nitrogen and oxygen atoms in total. The Kier molecular flexibility index (Phi) is 8.72. The first-order valence-corrected chi connectivity index (χ1v) is 11.9. The molecule has 1 atom stereocenters. The first-order chi connectivity index (χ1) is 15.5. The Hall–Kier alpha value is -2.82. The van der Waals surface area contributed by atoms with Crippen molar-refractivity contribution in [1.82, 2.24) is 15.5 Å². The molecular formula is C27H38N4O. The van der Waals surface area contributed by atoms with Crippen LogP contribution >= 0.6 is 0 Å². The van der Waals surface area contributed by atoms with Crippen molar-refractivity contribution < 1.29 is 4.79 Å². The third-order valence-corrected chi connectivity index (χ3v) is 6.17. The van der Waals surface area contributed by atoms with Gasteiger partial charge in [0, 0.05) is 45.1 Å². The zero-order valence-corrected chi connectivity index (χ0v) is 20.1. The normalized spacial score (nSPS) is 16.5. The Morgan fingerprint density at radius 1 is 1.06 bits per heavy atom. The maximum absolute atomic E-state index is 12.4. The maximum Gasteiger partial charge on any atom is 0.223 e. The van der Waals surface area contributed by atoms with E-state index in [4.69, 9.17) is 4.99 Å². The van der Waals surface area contributed by atoms with E-state index in [1.165, 1.54) is 27.8 Å². The molecule has 1 aliphatic rings. The minimum atomic E-state index is 0.254. The van der Waals surface area contributed by atoms with Crippen LogP contribution < -0.4 is 10.6 Å². The second-order valence-corrected chi connectivity index (χ2v) is 8.92. The second-order valence-electron chi connectivity index (χ2n) is 8.92. The van der Waals surface area contributed by atoms with Gasteiger partial charge in [0.15, 0.2) is 5.96 Å². The van der Waals surface area contributed by atoms with Crippen LogP contribution in [0.3, 0.4) is 0 Å². The molecule has 1 fully saturated rings. The summed E-state index contributed by atoms with van der Waals surface area (Å²) >= 11 is 0. The van der Waals surface area contributed by atoms with Crippen LogP contribution in [0.5, 0.6) is 0 Å². The Labute approximate surface area is 193 Å². The molecule has 0 aromatic heterocycles. The van der Waals surface area contributed by atoms with Crippen molar-refractivity contribution in [2.45, 2.75) is 47.0 Å². The van der Waals surface area contributed by atoms with Crippen molar-refractivity contribution in [1.29, 1.82) is 0 Å². The summed E-state index contributed by atoms with van der Waals surface area (Å²) in [6.45, 7) is 12.5. The van der Waals surface area contributed by atoms with Gasteiger partial charge in [-0.15, -0.1) is 0 Å². The number of nitrogens with one attached hydrogen (secondary N) is 2. The zero-order valence-electron chi connectivity index (χ0n) is 20.1. The SMILES string of the molecule is CCNC(=NCC1CC(=O)N(CCc2ccccc2)C1)NCCc1c(C)cc(C)cc1C. The van der Waals surface area contributed by atoms with Gasteiger partial charge in [-0.2, -0.15) is 0 Å². The average Bonchev–Trinajstić information content (AvgIpc) is 3.12. The molecule has 1 saturated heterocycles. The maximum atomic E-state index is 12.4. The van der Waals surface area contributed by atoms with Crippen molar-refractivity contribution in [2.24, 2.45) is 10.9 Å². The molecule has 0 spiro atoms. The van der Waals surface area contributed by atoms with Gasteiger partial charge in [-0.25, -0.2) is 0 Å². The van der Waals surface area contributed by atoms with E-state index >= 15 is 0 Å². The number of carbonyl (C=O) groups excluding carboxylic acids is 1. The zero-order chi connectivity index (χ0) is 22.9. The van der Waals surface area contributed by atoms with E-state index < -0.39 is 0 Å². The lowest BCUT2D eigenvalue weighted by molar-refractivity contribution is -0.127. The molecule has 1 amide bonds. The quantitative estimate of drug-likeness (QED) is 0.466. The van der Waals surface area contributed by atoms with Crippen molar-refractivity contribution in [3.63, 3.8) is 0 Å². The molecule has 1 aliphatic heterocycles. The summed E-state index contributed by atoms with van der Waals surface area (Å²) in [6, 6.07) is 14.9. The Morgan fingerprint density at radius 2 is 1.78 bits per heavy atom. The van der Waals surface area contributed by atoms with Gasteiger partial charge in [0.25, 0.3) is 0 Å². The Morgan fingerprint density at radius 3 is 2.47 bits per heavy atom. The van der Waals surface area contributed by atoms with E-state index in [0.717, 1.165) is 45.0 Å². The molecule has 1 heterocycles. The minimum absolute atomic E-state index is 0.254. The van der Waals surface area contributed by atoms with Crippen LogP contribution in [0.25, 0.3) is 0 Å². The largest absolute Gasteiger partial charge is 0.357 e. The minimum Gasteiger partial charge on any atom is -0.357 e. The summed E-state index contributed by atoms with van der Waals surface area (Å²) in [5, 5.41) is 6.81. The molecule has 2 N–H and O–H groups in total. The highest BCUT2D eigenvalue weighted by Crippen LogP contribution is 2.19. The highest BCUT2D eigenvalue weighted by Gasteiger charge is 2.29. The van der Waals surface area contributed by atoms with Gasteiger partial charge in [-0.05, 0) is 62.8 Å². The number of rotatable bonds is 9. The standard InChI is InChI=1S/C27H38N4O/c1-5-28-27(29-13-11-25-21(3)15-20(2)16-22(25)4)30-18-24-17-26(32)31(19-24)14-12-23-9-7-6-8-10-23/h6-10,15-16,24H,5,11-14,17-19H2,1-4H3,(H2,28,29,30). The van der Waals surface area contributed by atoms with Gasteiger partial charge in [0.2, 0.25) is 5.91 Å². The van der Waals surface area contributed by atoms with Gasteiger partial charge in [0.05, 0.1) is 0 Å².